The van der Waals surface area contributed by atoms with E-state index in [0.717, 1.165) is 0 Å². The first-order valence-corrected chi connectivity index (χ1v) is 5.87. The summed E-state index contributed by atoms with van der Waals surface area (Å²) in [4.78, 5) is 23.3. The van der Waals surface area contributed by atoms with Gasteiger partial charge in [-0.25, -0.2) is 0 Å². The van der Waals surface area contributed by atoms with Crippen LogP contribution in [0.25, 0.3) is 0 Å². The number of hydrogen-bond acceptors (Lipinski definition) is 2. The van der Waals surface area contributed by atoms with Crippen LogP contribution in [-0.2, 0) is 4.79 Å². The van der Waals surface area contributed by atoms with E-state index in [2.05, 4.69) is 5.32 Å². The van der Waals surface area contributed by atoms with Gasteiger partial charge in [0.15, 0.2) is 5.78 Å². The first kappa shape index (κ1) is 13.4. The van der Waals surface area contributed by atoms with E-state index >= 15 is 0 Å². The van der Waals surface area contributed by atoms with Crippen molar-refractivity contribution in [2.45, 2.75) is 33.2 Å². The molecule has 0 heterocycles. The van der Waals surface area contributed by atoms with E-state index in [1.807, 2.05) is 19.9 Å². The van der Waals surface area contributed by atoms with Crippen LogP contribution in [0, 0.1) is 5.92 Å². The maximum Gasteiger partial charge on any atom is 0.251 e. The first-order valence-electron chi connectivity index (χ1n) is 5.87. The second kappa shape index (κ2) is 6.18. The minimum absolute atomic E-state index is 0.00276. The molecule has 0 radical (unpaired) electrons. The second-order valence-electron chi connectivity index (χ2n) is 4.63. The van der Waals surface area contributed by atoms with Gasteiger partial charge in [0.05, 0.1) is 6.04 Å². The van der Waals surface area contributed by atoms with Crippen LogP contribution in [0.2, 0.25) is 0 Å². The van der Waals surface area contributed by atoms with Crippen molar-refractivity contribution in [2.75, 3.05) is 0 Å². The fourth-order valence-corrected chi connectivity index (χ4v) is 1.63. The molecular formula is C14H19NO2. The minimum Gasteiger partial charge on any atom is -0.342 e. The monoisotopic (exact) mass is 233 g/mol. The highest BCUT2D eigenvalue weighted by atomic mass is 16.2. The van der Waals surface area contributed by atoms with Crippen molar-refractivity contribution in [3.05, 3.63) is 35.9 Å². The number of benzene rings is 1. The Morgan fingerprint density at radius 3 is 2.24 bits per heavy atom. The average Bonchev–Trinajstić information content (AvgIpc) is 2.28. The molecule has 1 aromatic rings. The summed E-state index contributed by atoms with van der Waals surface area (Å²) in [6.45, 7) is 5.58. The van der Waals surface area contributed by atoms with Crippen LogP contribution in [0.3, 0.4) is 0 Å². The maximum absolute atomic E-state index is 11.9. The second-order valence-corrected chi connectivity index (χ2v) is 4.63. The summed E-state index contributed by atoms with van der Waals surface area (Å²) in [6.07, 6.45) is 0.675. The minimum atomic E-state index is -0.386. The lowest BCUT2D eigenvalue weighted by Crippen LogP contribution is -2.40. The lowest BCUT2D eigenvalue weighted by Gasteiger charge is -2.17. The quantitative estimate of drug-likeness (QED) is 0.849. The van der Waals surface area contributed by atoms with E-state index in [-0.39, 0.29) is 17.7 Å². The molecule has 0 aliphatic heterocycles. The third kappa shape index (κ3) is 4.39. The van der Waals surface area contributed by atoms with Crippen LogP contribution in [-0.4, -0.2) is 17.7 Å². The fraction of sp³-hybridized carbons (Fsp3) is 0.429. The number of carbonyl (C=O) groups excluding carboxylic acids is 2. The molecule has 3 heteroatoms. The molecule has 0 spiro atoms. The van der Waals surface area contributed by atoms with Crippen molar-refractivity contribution in [3.8, 4) is 0 Å². The Kier molecular flexibility index (Phi) is 4.88. The number of ketones is 1. The zero-order valence-electron chi connectivity index (χ0n) is 10.6. The number of carbonyl (C=O) groups is 2. The van der Waals surface area contributed by atoms with Crippen LogP contribution in [0.4, 0.5) is 0 Å². The molecule has 0 bridgehead atoms. The molecule has 0 saturated heterocycles. The van der Waals surface area contributed by atoms with Gasteiger partial charge >= 0.3 is 0 Å². The van der Waals surface area contributed by atoms with Crippen molar-refractivity contribution in [1.82, 2.24) is 5.32 Å². The van der Waals surface area contributed by atoms with E-state index in [0.29, 0.717) is 17.9 Å². The average molecular weight is 233 g/mol. The lowest BCUT2D eigenvalue weighted by atomic mass is 10.0. The largest absolute Gasteiger partial charge is 0.342 e. The van der Waals surface area contributed by atoms with Gasteiger partial charge in [0.1, 0.15) is 0 Å². The molecule has 92 valence electrons. The Hall–Kier alpha value is -1.64. The molecule has 1 N–H and O–H groups in total. The molecule has 1 rings (SSSR count). The summed E-state index contributed by atoms with van der Waals surface area (Å²) in [7, 11) is 0. The summed E-state index contributed by atoms with van der Waals surface area (Å²) in [5.74, 6) is 0.189. The molecule has 1 amide bonds. The predicted octanol–water partition coefficient (Wildman–Crippen LogP) is 2.42. The van der Waals surface area contributed by atoms with Crippen LogP contribution in [0.15, 0.2) is 30.3 Å². The zero-order chi connectivity index (χ0) is 12.8. The van der Waals surface area contributed by atoms with E-state index in [4.69, 9.17) is 0 Å². The highest BCUT2D eigenvalue weighted by Gasteiger charge is 2.18. The Morgan fingerprint density at radius 1 is 1.18 bits per heavy atom. The van der Waals surface area contributed by atoms with Crippen LogP contribution in [0.5, 0.6) is 0 Å². The normalized spacial score (nSPS) is 12.2. The molecule has 3 nitrogen and oxygen atoms in total. The van der Waals surface area contributed by atoms with Crippen molar-refractivity contribution in [2.24, 2.45) is 5.92 Å². The van der Waals surface area contributed by atoms with Gasteiger partial charge in [0.25, 0.3) is 5.91 Å². The molecule has 1 atom stereocenters. The SMILES string of the molecule is CC(=O)C(CC(C)C)NC(=O)c1ccccc1. The molecule has 1 unspecified atom stereocenters. The Balaban J connectivity index is 2.68. The summed E-state index contributed by atoms with van der Waals surface area (Å²) in [5.41, 5.74) is 0.586. The van der Waals surface area contributed by atoms with E-state index < -0.39 is 0 Å². The molecule has 1 aromatic carbocycles. The topological polar surface area (TPSA) is 46.2 Å². The Morgan fingerprint density at radius 2 is 1.76 bits per heavy atom. The van der Waals surface area contributed by atoms with E-state index in [1.165, 1.54) is 6.92 Å². The van der Waals surface area contributed by atoms with Crippen molar-refractivity contribution < 1.29 is 9.59 Å². The smallest absolute Gasteiger partial charge is 0.251 e. The number of amides is 1. The van der Waals surface area contributed by atoms with Crippen LogP contribution >= 0.6 is 0 Å². The van der Waals surface area contributed by atoms with Gasteiger partial charge < -0.3 is 5.32 Å². The van der Waals surface area contributed by atoms with Gasteiger partial charge in [-0.2, -0.15) is 0 Å². The van der Waals surface area contributed by atoms with Crippen LogP contribution in [0.1, 0.15) is 37.6 Å². The summed E-state index contributed by atoms with van der Waals surface area (Å²) in [5, 5.41) is 2.78. The Labute approximate surface area is 102 Å². The maximum atomic E-state index is 11.9. The standard InChI is InChI=1S/C14H19NO2/c1-10(2)9-13(11(3)16)15-14(17)12-7-5-4-6-8-12/h4-8,10,13H,9H2,1-3H3,(H,15,17). The third-order valence-corrected chi connectivity index (χ3v) is 2.54. The highest BCUT2D eigenvalue weighted by molar-refractivity contribution is 5.97. The van der Waals surface area contributed by atoms with Gasteiger partial charge in [-0.05, 0) is 31.4 Å². The third-order valence-electron chi connectivity index (χ3n) is 2.54. The van der Waals surface area contributed by atoms with Gasteiger partial charge in [0.2, 0.25) is 0 Å². The number of Topliss-reactive ketones (excluding diaryl/α,β-unsaturated/α-hetero) is 1. The Bertz CT molecular complexity index is 384. The van der Waals surface area contributed by atoms with Gasteiger partial charge in [0, 0.05) is 5.56 Å². The summed E-state index contributed by atoms with van der Waals surface area (Å²) in [6, 6.07) is 8.56. The molecule has 0 aliphatic carbocycles. The summed E-state index contributed by atoms with van der Waals surface area (Å²) >= 11 is 0. The molecule has 17 heavy (non-hydrogen) atoms. The molecule has 0 aliphatic rings. The molecule has 0 aromatic heterocycles. The first-order chi connectivity index (χ1) is 8.00. The number of hydrogen-bond donors (Lipinski definition) is 1. The van der Waals surface area contributed by atoms with Crippen molar-refractivity contribution >= 4 is 11.7 Å². The molecular weight excluding hydrogens is 214 g/mol. The van der Waals surface area contributed by atoms with Crippen LogP contribution < -0.4 is 5.32 Å². The number of nitrogens with one attached hydrogen (secondary N) is 1. The van der Waals surface area contributed by atoms with Crippen molar-refractivity contribution in [3.63, 3.8) is 0 Å². The highest BCUT2D eigenvalue weighted by Crippen LogP contribution is 2.07. The van der Waals surface area contributed by atoms with E-state index in [1.54, 1.807) is 24.3 Å². The predicted molar refractivity (Wildman–Crippen MR) is 67.8 cm³/mol. The lowest BCUT2D eigenvalue weighted by molar-refractivity contribution is -0.119. The summed E-state index contributed by atoms with van der Waals surface area (Å²) < 4.78 is 0. The number of rotatable bonds is 5. The zero-order valence-corrected chi connectivity index (χ0v) is 10.6. The molecule has 0 saturated carbocycles. The van der Waals surface area contributed by atoms with Gasteiger partial charge in [-0.1, -0.05) is 32.0 Å². The van der Waals surface area contributed by atoms with Crippen molar-refractivity contribution in [1.29, 1.82) is 0 Å². The van der Waals surface area contributed by atoms with Gasteiger partial charge in [-0.3, -0.25) is 9.59 Å². The van der Waals surface area contributed by atoms with E-state index in [9.17, 15) is 9.59 Å². The molecule has 0 fully saturated rings. The van der Waals surface area contributed by atoms with Gasteiger partial charge in [-0.15, -0.1) is 0 Å². The fourth-order valence-electron chi connectivity index (χ4n) is 1.63.